The molecule has 30 nitrogen and oxygen atoms in total. The van der Waals surface area contributed by atoms with Crippen molar-refractivity contribution in [3.8, 4) is 0 Å². The summed E-state index contributed by atoms with van der Waals surface area (Å²) in [6.07, 6.45) is -48.6. The number of halogens is 3. The smallest absolute Gasteiger partial charge is 0.191 e. The molecule has 0 saturated heterocycles. The van der Waals surface area contributed by atoms with Crippen molar-refractivity contribution in [2.24, 2.45) is 0 Å². The van der Waals surface area contributed by atoms with Gasteiger partial charge in [0.1, 0.15) is 53.9 Å². The Balaban J connectivity index is 0.000000186. The lowest BCUT2D eigenvalue weighted by molar-refractivity contribution is -0.0629. The first kappa shape index (κ1) is 42.5. The summed E-state index contributed by atoms with van der Waals surface area (Å²) in [4.78, 5) is 25.5. The quantitative estimate of drug-likeness (QED) is 0.0168. The monoisotopic (exact) mass is 1600 g/mol. The molecule has 6 heterocycles. The Kier molecular flexibility index (Phi) is 13.8. The van der Waals surface area contributed by atoms with Crippen LogP contribution in [0.2, 0.25) is 0 Å². The van der Waals surface area contributed by atoms with Crippen LogP contribution in [0, 0.1) is 38.2 Å². The van der Waals surface area contributed by atoms with Crippen molar-refractivity contribution in [1.29, 1.82) is 0 Å². The van der Waals surface area contributed by atoms with Crippen LogP contribution in [0.3, 0.4) is 0 Å². The molecule has 0 spiro atoms. The summed E-state index contributed by atoms with van der Waals surface area (Å²) in [6.45, 7) is -8.66. The molecule has 6 aliphatic rings. The molecule has 18 atom stereocenters. The number of ether oxygens (including phenoxy) is 3. The molecule has 36 heteroatoms. The highest BCUT2D eigenvalue weighted by Crippen LogP contribution is 2.48. The number of benzene rings is 3. The highest BCUT2D eigenvalue weighted by Gasteiger charge is 2.49. The first-order valence-electron chi connectivity index (χ1n) is 52.8. The van der Waals surface area contributed by atoms with Crippen LogP contribution in [0.1, 0.15) is 204 Å². The Labute approximate surface area is 690 Å². The van der Waals surface area contributed by atoms with E-state index >= 15 is 0 Å². The second kappa shape index (κ2) is 35.1. The van der Waals surface area contributed by atoms with Crippen molar-refractivity contribution in [1.82, 2.24) is 74.9 Å². The standard InChI is InChI=1S/3C24H31FN6O4S/c3*1-3-8-36-24-27-22(26-16-10-14(16)13-5-4-12(2)15(25)9-13)19-23(28-24)31(30-29-19)17-11-18(35-7-6-32)21(34)20(17)33/h3*4-5,9,14,16-18,20-21,32-34H,3,6-8,10-11H2,1-2H3,(H,26,27,28)/t3*14-,16+,17+,18-,20-,21+/m000/s1/i4D,5D,6D2,7D2,9D,11D2,14D,16D,17D,18D,20D,21D;4D,5D,7D2,9D,11D2,14D,16D,17D,18D,20D,21D;4D,5D,6D2,9D,11D2,14D,16D,17D,18D,20D,21D. The molecule has 9 aromatic rings. The third kappa shape index (κ3) is 17.5. The molecule has 0 unspecified atom stereocenters. The van der Waals surface area contributed by atoms with Crippen LogP contribution < -0.4 is 16.0 Å². The molecule has 582 valence electrons. The Morgan fingerprint density at radius 2 is 0.806 bits per heavy atom. The second-order valence-electron chi connectivity index (χ2n) is 23.1. The molecule has 108 heavy (non-hydrogen) atoms. The SMILES string of the molecule is [2H]c1c([2H])c([C@]2([2H])C[C@@]2([2H])Nc2nc(SCCC)nc3c2nnn3[C@]2([2H])C([2H])([2H])[C@]([2H])(OC([2H])([2H])C([2H])([2H])O)[C@@]([2H])(O)[C@@]2([2H])O)c([2H])c(F)c1C.[2H]c1c([2H])c([C@]2([2H])C[C@@]2([2H])Nc2nc(SCCC)nc3c2nnn3[C@]2([2H])C([2H])([2H])[C@]([2H])(OC([2H])([2H])CO)[C@@]([2H])(O)[C@@]2([2H])O)c([2H])c(F)c1C.[2H]c1c([2H])c([C@]2([2H])C[C@@]2([2H])Nc2nc(SCCC)nc3c2nnn3[C@]2([2H])C([2H])([2H])[C@]([2H])(OCC([2H])([2H])O)[C@@]([2H])(O)[C@@]2([2H])O)c([2H])c(F)c1C. The van der Waals surface area contributed by atoms with Gasteiger partial charge in [-0.2, -0.15) is 0 Å². The summed E-state index contributed by atoms with van der Waals surface area (Å²) in [7, 11) is 0. The largest absolute Gasteiger partial charge is 0.394 e. The summed E-state index contributed by atoms with van der Waals surface area (Å²) >= 11 is 2.97. The van der Waals surface area contributed by atoms with Crippen molar-refractivity contribution in [3.05, 3.63) is 105 Å². The number of nitrogens with one attached hydrogen (secondary N) is 3. The van der Waals surface area contributed by atoms with Crippen LogP contribution in [-0.4, -0.2) is 250 Å². The number of fused-ring (bicyclic) bond motifs is 3. The zero-order chi connectivity index (χ0) is 113. The van der Waals surface area contributed by atoms with Gasteiger partial charge in [-0.1, -0.05) is 108 Å². The fraction of sp³-hybridized carbons (Fsp3) is 0.583. The van der Waals surface area contributed by atoms with Crippen LogP contribution in [-0.2, 0) is 14.2 Å². The molecule has 6 saturated carbocycles. The third-order valence-corrected chi connectivity index (χ3v) is 18.7. The average molecular weight is 1600 g/mol. The second-order valence-corrected chi connectivity index (χ2v) is 26.3. The average Bonchev–Trinajstić information content (AvgIpc) is 1.49. The van der Waals surface area contributed by atoms with E-state index in [1.807, 2.05) is 13.8 Å². The zero-order valence-electron chi connectivity index (χ0n) is 98.1. The summed E-state index contributed by atoms with van der Waals surface area (Å²) in [5.74, 6) is -10.1. The number of nitrogens with zero attached hydrogens (tertiary/aromatic N) is 15. The third-order valence-electron chi connectivity index (χ3n) is 15.5. The lowest BCUT2D eigenvalue weighted by atomic mass is 10.1. The maximum Gasteiger partial charge on any atom is 0.191 e. The summed E-state index contributed by atoms with van der Waals surface area (Å²) in [5.41, 5.74) is -5.98. The van der Waals surface area contributed by atoms with E-state index in [1.165, 1.54) is 20.8 Å². The minimum atomic E-state index is -4.35. The highest BCUT2D eigenvalue weighted by atomic mass is 32.2. The number of aliphatic hydroxyl groups is 9. The van der Waals surface area contributed by atoms with Gasteiger partial charge in [-0.05, 0) is 111 Å². The van der Waals surface area contributed by atoms with Crippen LogP contribution in [0.5, 0.6) is 0 Å². The summed E-state index contributed by atoms with van der Waals surface area (Å²) in [6, 6.07) is -24.1. The highest BCUT2D eigenvalue weighted by molar-refractivity contribution is 7.99. The van der Waals surface area contributed by atoms with Gasteiger partial charge in [0, 0.05) is 84.4 Å². The number of hydrogen-bond acceptors (Lipinski definition) is 30. The first-order valence-corrected chi connectivity index (χ1v) is 35.3. The van der Waals surface area contributed by atoms with Crippen molar-refractivity contribution in [2.45, 2.75) is 223 Å². The minimum absolute atomic E-state index is 0.0868. The van der Waals surface area contributed by atoms with Gasteiger partial charge in [-0.25, -0.2) is 57.1 Å². The zero-order valence-corrected chi connectivity index (χ0v) is 59.5. The number of aromatic nitrogens is 15. The van der Waals surface area contributed by atoms with Crippen LogP contribution in [0.4, 0.5) is 30.6 Å². The van der Waals surface area contributed by atoms with Crippen LogP contribution in [0.25, 0.3) is 33.5 Å². The molecule has 0 bridgehead atoms. The normalized spacial score (nSPS) is 47.3. The van der Waals surface area contributed by atoms with E-state index in [9.17, 15) is 59.1 Å². The maximum atomic E-state index is 14.8. The van der Waals surface area contributed by atoms with Gasteiger partial charge in [0.25, 0.3) is 0 Å². The molecule has 6 aromatic heterocycles. The molecule has 0 aliphatic heterocycles. The number of rotatable bonds is 30. The molecular weight excluding hydrogens is 1460 g/mol. The van der Waals surface area contributed by atoms with E-state index < -0.39 is 320 Å². The molecule has 0 amide bonds. The van der Waals surface area contributed by atoms with Crippen molar-refractivity contribution >= 4 is 86.2 Å². The van der Waals surface area contributed by atoms with E-state index in [4.69, 9.17) is 65.7 Å². The van der Waals surface area contributed by atoms with Crippen LogP contribution >= 0.6 is 35.3 Å². The van der Waals surface area contributed by atoms with Gasteiger partial charge in [0.05, 0.1) is 120 Å². The van der Waals surface area contributed by atoms with Gasteiger partial charge >= 0.3 is 0 Å². The van der Waals surface area contributed by atoms with E-state index in [-0.39, 0.29) is 52.0 Å². The van der Waals surface area contributed by atoms with Crippen molar-refractivity contribution in [3.63, 3.8) is 0 Å². The summed E-state index contributed by atoms with van der Waals surface area (Å²) in [5, 5.41) is 125. The number of thioether (sulfide) groups is 3. The number of anilines is 3. The van der Waals surface area contributed by atoms with E-state index in [0.717, 1.165) is 35.3 Å². The molecule has 3 aromatic carbocycles. The topological polar surface area (TPSA) is 415 Å². The van der Waals surface area contributed by atoms with Gasteiger partial charge < -0.3 is 76.1 Å². The number of hydrogen-bond donors (Lipinski definition) is 12. The molecule has 6 fully saturated rings. The Hall–Kier alpha value is -7.14. The number of aliphatic hydroxyl groups excluding tert-OH is 1. The summed E-state index contributed by atoms with van der Waals surface area (Å²) < 4.78 is 402. The fourth-order valence-electron chi connectivity index (χ4n) is 9.90. The molecule has 15 rings (SSSR count). The molecule has 6 aliphatic carbocycles. The molecular formula is C72H93F3N18O12S3. The molecule has 0 radical (unpaired) electrons. The van der Waals surface area contributed by atoms with E-state index in [0.29, 0.717) is 36.5 Å². The molecule has 12 N–H and O–H groups in total. The van der Waals surface area contributed by atoms with Crippen LogP contribution in [0.15, 0.2) is 69.9 Å². The van der Waals surface area contributed by atoms with Gasteiger partial charge in [0.2, 0.25) is 0 Å². The lowest BCUT2D eigenvalue weighted by Gasteiger charge is -2.17. The maximum absolute atomic E-state index is 14.8. The van der Waals surface area contributed by atoms with E-state index in [1.54, 1.807) is 6.92 Å². The Morgan fingerprint density at radius 1 is 0.481 bits per heavy atom. The van der Waals surface area contributed by atoms with Crippen molar-refractivity contribution in [2.75, 3.05) is 72.7 Å². The predicted molar refractivity (Wildman–Crippen MR) is 398 cm³/mol. The fourth-order valence-corrected chi connectivity index (χ4v) is 12.0. The minimum Gasteiger partial charge on any atom is -0.394 e. The van der Waals surface area contributed by atoms with Crippen molar-refractivity contribution < 1.29 is 130 Å². The predicted octanol–water partition coefficient (Wildman–Crippen LogP) is 6.55. The Morgan fingerprint density at radius 3 is 1.11 bits per heavy atom. The van der Waals surface area contributed by atoms with Gasteiger partial charge in [0.15, 0.2) is 66.4 Å². The van der Waals surface area contributed by atoms with E-state index in [2.05, 4.69) is 81.5 Å². The first-order chi connectivity index (χ1) is 67.4. The van der Waals surface area contributed by atoms with Gasteiger partial charge in [-0.15, -0.1) is 15.3 Å². The van der Waals surface area contributed by atoms with Gasteiger partial charge in [-0.3, -0.25) is 0 Å². The lowest BCUT2D eigenvalue weighted by Crippen LogP contribution is -2.33. The Bertz CT molecular complexity index is 6820.